The third-order valence-corrected chi connectivity index (χ3v) is 5.26. The van der Waals surface area contributed by atoms with Gasteiger partial charge in [0.1, 0.15) is 5.82 Å². The highest BCUT2D eigenvalue weighted by Gasteiger charge is 2.44. The number of aromatic nitrogens is 3. The van der Waals surface area contributed by atoms with Crippen molar-refractivity contribution in [1.29, 1.82) is 0 Å². The van der Waals surface area contributed by atoms with Gasteiger partial charge in [0.15, 0.2) is 11.5 Å². The monoisotopic (exact) mass is 372 g/mol. The van der Waals surface area contributed by atoms with Gasteiger partial charge < -0.3 is 9.80 Å². The molecule has 142 valence electrons. The van der Waals surface area contributed by atoms with Crippen LogP contribution in [0.3, 0.4) is 0 Å². The van der Waals surface area contributed by atoms with Crippen LogP contribution in [0, 0.1) is 5.82 Å². The normalized spacial score (nSPS) is 18.3. The van der Waals surface area contributed by atoms with E-state index < -0.39 is 5.41 Å². The molecule has 9 heteroatoms. The molecule has 0 spiro atoms. The number of rotatable bonds is 3. The van der Waals surface area contributed by atoms with E-state index in [4.69, 9.17) is 0 Å². The van der Waals surface area contributed by atoms with Gasteiger partial charge in [-0.2, -0.15) is 5.21 Å². The molecule has 8 nitrogen and oxygen atoms in total. The Morgan fingerprint density at radius 2 is 1.85 bits per heavy atom. The number of anilines is 1. The van der Waals surface area contributed by atoms with Crippen molar-refractivity contribution in [2.45, 2.75) is 25.2 Å². The number of urea groups is 1. The molecule has 2 aliphatic rings. The molecular formula is C18H21FN6O2. The lowest BCUT2D eigenvalue weighted by molar-refractivity contribution is 0.0788. The van der Waals surface area contributed by atoms with Gasteiger partial charge in [-0.15, -0.1) is 10.2 Å². The van der Waals surface area contributed by atoms with Gasteiger partial charge in [-0.25, -0.2) is 9.18 Å². The molecule has 3 heterocycles. The summed E-state index contributed by atoms with van der Waals surface area (Å²) in [6.07, 6.45) is 1.93. The smallest absolute Gasteiger partial charge is 0.323 e. The zero-order chi connectivity index (χ0) is 19.0. The Labute approximate surface area is 155 Å². The molecule has 0 radical (unpaired) electrons. The first kappa shape index (κ1) is 17.4. The van der Waals surface area contributed by atoms with Crippen LogP contribution >= 0.6 is 0 Å². The summed E-state index contributed by atoms with van der Waals surface area (Å²) in [6.45, 7) is 4.06. The SMILES string of the molecule is CC1(c2ccccc2F)CN(C(=O)Nc2n[nH]nc2C(=O)N2CCCC2)C1. The van der Waals surface area contributed by atoms with Crippen molar-refractivity contribution in [1.82, 2.24) is 25.2 Å². The maximum atomic E-state index is 14.0. The number of hydrogen-bond acceptors (Lipinski definition) is 4. The minimum Gasteiger partial charge on any atom is -0.337 e. The van der Waals surface area contributed by atoms with Crippen LogP contribution in [0.5, 0.6) is 0 Å². The van der Waals surface area contributed by atoms with Gasteiger partial charge in [-0.05, 0) is 24.5 Å². The number of carbonyl (C=O) groups is 2. The minimum absolute atomic E-state index is 0.114. The van der Waals surface area contributed by atoms with Crippen molar-refractivity contribution >= 4 is 17.8 Å². The Hall–Kier alpha value is -2.97. The van der Waals surface area contributed by atoms with E-state index in [1.165, 1.54) is 6.07 Å². The van der Waals surface area contributed by atoms with Gasteiger partial charge in [-0.1, -0.05) is 25.1 Å². The fourth-order valence-corrected chi connectivity index (χ4v) is 3.78. The number of carbonyl (C=O) groups excluding carboxylic acids is 2. The van der Waals surface area contributed by atoms with E-state index in [9.17, 15) is 14.0 Å². The molecule has 3 amide bonds. The fourth-order valence-electron chi connectivity index (χ4n) is 3.78. The molecule has 0 bridgehead atoms. The molecule has 2 aromatic rings. The van der Waals surface area contributed by atoms with E-state index in [1.807, 2.05) is 6.92 Å². The molecule has 1 aromatic carbocycles. The summed E-state index contributed by atoms with van der Waals surface area (Å²) in [4.78, 5) is 28.3. The summed E-state index contributed by atoms with van der Waals surface area (Å²) in [5.41, 5.74) is 0.281. The van der Waals surface area contributed by atoms with E-state index in [1.54, 1.807) is 28.0 Å². The number of amides is 3. The van der Waals surface area contributed by atoms with Gasteiger partial charge in [0, 0.05) is 31.6 Å². The molecule has 2 fully saturated rings. The minimum atomic E-state index is -0.430. The topological polar surface area (TPSA) is 94.2 Å². The average molecular weight is 372 g/mol. The van der Waals surface area contributed by atoms with E-state index >= 15 is 0 Å². The summed E-state index contributed by atoms with van der Waals surface area (Å²) in [7, 11) is 0. The Bertz CT molecular complexity index is 870. The lowest BCUT2D eigenvalue weighted by atomic mass is 9.75. The largest absolute Gasteiger partial charge is 0.337 e. The lowest BCUT2D eigenvalue weighted by Crippen LogP contribution is -2.61. The predicted molar refractivity (Wildman–Crippen MR) is 95.9 cm³/mol. The number of halogens is 1. The average Bonchev–Trinajstić information content (AvgIpc) is 3.30. The molecule has 27 heavy (non-hydrogen) atoms. The number of nitrogens with one attached hydrogen (secondary N) is 2. The second-order valence-corrected chi connectivity index (χ2v) is 7.35. The molecule has 0 atom stereocenters. The first-order valence-electron chi connectivity index (χ1n) is 8.99. The number of aromatic amines is 1. The van der Waals surface area contributed by atoms with E-state index in [-0.39, 0.29) is 29.3 Å². The van der Waals surface area contributed by atoms with Gasteiger partial charge >= 0.3 is 6.03 Å². The van der Waals surface area contributed by atoms with E-state index in [2.05, 4.69) is 20.7 Å². The zero-order valence-corrected chi connectivity index (χ0v) is 15.0. The number of hydrogen-bond donors (Lipinski definition) is 2. The van der Waals surface area contributed by atoms with Crippen LogP contribution in [0.25, 0.3) is 0 Å². The summed E-state index contributed by atoms with van der Waals surface area (Å²) in [5, 5.41) is 12.8. The summed E-state index contributed by atoms with van der Waals surface area (Å²) in [5.74, 6) is -0.386. The molecule has 0 unspecified atom stereocenters. The highest BCUT2D eigenvalue weighted by Crippen LogP contribution is 2.35. The van der Waals surface area contributed by atoms with Crippen LogP contribution in [0.4, 0.5) is 15.0 Å². The molecule has 1 aromatic heterocycles. The van der Waals surface area contributed by atoms with Crippen LogP contribution in [-0.2, 0) is 5.41 Å². The number of benzene rings is 1. The van der Waals surface area contributed by atoms with E-state index in [0.29, 0.717) is 31.7 Å². The molecule has 4 rings (SSSR count). The van der Waals surface area contributed by atoms with Gasteiger partial charge in [0.2, 0.25) is 0 Å². The zero-order valence-electron chi connectivity index (χ0n) is 15.0. The number of likely N-dealkylation sites (tertiary alicyclic amines) is 2. The van der Waals surface area contributed by atoms with Crippen molar-refractivity contribution in [3.63, 3.8) is 0 Å². The first-order chi connectivity index (χ1) is 13.0. The molecule has 2 saturated heterocycles. The van der Waals surface area contributed by atoms with Crippen LogP contribution in [0.1, 0.15) is 35.8 Å². The Kier molecular flexibility index (Phi) is 4.29. The highest BCUT2D eigenvalue weighted by molar-refractivity contribution is 6.00. The van der Waals surface area contributed by atoms with Crippen LogP contribution in [0.15, 0.2) is 24.3 Å². The maximum Gasteiger partial charge on any atom is 0.323 e. The quantitative estimate of drug-likeness (QED) is 0.861. The fraction of sp³-hybridized carbons (Fsp3) is 0.444. The summed E-state index contributed by atoms with van der Waals surface area (Å²) in [6, 6.07) is 6.23. The van der Waals surface area contributed by atoms with Crippen LogP contribution in [0.2, 0.25) is 0 Å². The third kappa shape index (κ3) is 3.13. The van der Waals surface area contributed by atoms with Crippen molar-refractivity contribution in [3.8, 4) is 0 Å². The van der Waals surface area contributed by atoms with Gasteiger partial charge in [0.05, 0.1) is 0 Å². The third-order valence-electron chi connectivity index (χ3n) is 5.26. The Balaban J connectivity index is 1.41. The molecular weight excluding hydrogens is 351 g/mol. The predicted octanol–water partition coefficient (Wildman–Crippen LogP) is 1.99. The molecule has 0 saturated carbocycles. The lowest BCUT2D eigenvalue weighted by Gasteiger charge is -2.48. The first-order valence-corrected chi connectivity index (χ1v) is 8.99. The Morgan fingerprint density at radius 3 is 2.56 bits per heavy atom. The van der Waals surface area contributed by atoms with Gasteiger partial charge in [0.25, 0.3) is 5.91 Å². The standard InChI is InChI=1S/C18H21FN6O2/c1-18(12-6-2-3-7-13(12)19)10-25(11-18)17(27)20-15-14(21-23-22-15)16(26)24-8-4-5-9-24/h2-3,6-7H,4-5,8-11H2,1H3,(H2,20,21,22,23,27). The van der Waals surface area contributed by atoms with Crippen molar-refractivity contribution in [2.24, 2.45) is 0 Å². The summed E-state index contributed by atoms with van der Waals surface area (Å²) >= 11 is 0. The van der Waals surface area contributed by atoms with Crippen LogP contribution < -0.4 is 5.32 Å². The number of nitrogens with zero attached hydrogens (tertiary/aromatic N) is 4. The van der Waals surface area contributed by atoms with Crippen molar-refractivity contribution in [2.75, 3.05) is 31.5 Å². The second kappa shape index (κ2) is 6.64. The molecule has 0 aliphatic carbocycles. The van der Waals surface area contributed by atoms with Crippen molar-refractivity contribution in [3.05, 3.63) is 41.3 Å². The second-order valence-electron chi connectivity index (χ2n) is 7.35. The molecule has 2 N–H and O–H groups in total. The maximum absolute atomic E-state index is 14.0. The van der Waals surface area contributed by atoms with Crippen LogP contribution in [-0.4, -0.2) is 63.3 Å². The Morgan fingerprint density at radius 1 is 1.15 bits per heavy atom. The highest BCUT2D eigenvalue weighted by atomic mass is 19.1. The van der Waals surface area contributed by atoms with E-state index in [0.717, 1.165) is 12.8 Å². The molecule has 2 aliphatic heterocycles. The van der Waals surface area contributed by atoms with Crippen molar-refractivity contribution < 1.29 is 14.0 Å². The number of H-pyrrole nitrogens is 1. The summed E-state index contributed by atoms with van der Waals surface area (Å²) < 4.78 is 14.0. The van der Waals surface area contributed by atoms with Gasteiger partial charge in [-0.3, -0.25) is 10.1 Å².